The van der Waals surface area contributed by atoms with Crippen LogP contribution >= 0.6 is 0 Å². The van der Waals surface area contributed by atoms with Crippen molar-refractivity contribution in [3.05, 3.63) is 54.1 Å². The number of nitriles is 1. The molecular weight excluding hydrogens is 411 g/mol. The summed E-state index contributed by atoms with van der Waals surface area (Å²) in [7, 11) is -2.66. The zero-order valence-corrected chi connectivity index (χ0v) is 17.4. The standard InChI is InChI=1S/C20H21FN4O4S/c1-5-13(2)8-9-29-19-17(30(27,28)23-3)12-25(4)18(19)20(26)24-15-6-7-16(21)14(10-15)11-22/h5-7,10,12-13H,1,3,8-9H2,2,4H3,(H,24,26)/t13-/m0/s1. The number of nitrogens with zero attached hydrogens (tertiary/aromatic N) is 3. The Morgan fingerprint density at radius 1 is 1.50 bits per heavy atom. The largest absolute Gasteiger partial charge is 0.490 e. The predicted octanol–water partition coefficient (Wildman–Crippen LogP) is 3.27. The van der Waals surface area contributed by atoms with Crippen molar-refractivity contribution in [2.24, 2.45) is 17.4 Å². The number of halogens is 1. The minimum absolute atomic E-state index is 0.0775. The fraction of sp³-hybridized carbons (Fsp3) is 0.250. The molecule has 0 aliphatic carbocycles. The molecule has 1 heterocycles. The van der Waals surface area contributed by atoms with Gasteiger partial charge < -0.3 is 14.6 Å². The number of aryl methyl sites for hydroxylation is 1. The second-order valence-electron chi connectivity index (χ2n) is 6.50. The van der Waals surface area contributed by atoms with Gasteiger partial charge in [0.1, 0.15) is 16.8 Å². The molecule has 2 aromatic rings. The predicted molar refractivity (Wildman–Crippen MR) is 111 cm³/mol. The van der Waals surface area contributed by atoms with E-state index in [4.69, 9.17) is 10.00 Å². The number of anilines is 1. The van der Waals surface area contributed by atoms with Crippen molar-refractivity contribution in [2.75, 3.05) is 11.9 Å². The lowest BCUT2D eigenvalue weighted by atomic mass is 10.1. The van der Waals surface area contributed by atoms with E-state index in [1.54, 1.807) is 12.1 Å². The highest BCUT2D eigenvalue weighted by Crippen LogP contribution is 2.32. The molecule has 1 N–H and O–H groups in total. The third-order valence-electron chi connectivity index (χ3n) is 4.33. The molecule has 158 valence electrons. The van der Waals surface area contributed by atoms with Crippen LogP contribution in [0.1, 0.15) is 29.4 Å². The molecule has 1 atom stereocenters. The summed E-state index contributed by atoms with van der Waals surface area (Å²) in [6, 6.07) is 5.19. The lowest BCUT2D eigenvalue weighted by molar-refractivity contribution is 0.101. The van der Waals surface area contributed by atoms with Crippen LogP contribution in [0.5, 0.6) is 5.75 Å². The monoisotopic (exact) mass is 432 g/mol. The molecule has 0 aliphatic heterocycles. The summed E-state index contributed by atoms with van der Waals surface area (Å²) in [6.45, 7) is 8.80. The Morgan fingerprint density at radius 2 is 2.20 bits per heavy atom. The van der Waals surface area contributed by atoms with Gasteiger partial charge in [0.05, 0.1) is 12.2 Å². The van der Waals surface area contributed by atoms with Crippen molar-refractivity contribution in [1.29, 1.82) is 5.26 Å². The van der Waals surface area contributed by atoms with Gasteiger partial charge in [-0.3, -0.25) is 4.79 Å². The second kappa shape index (κ2) is 9.37. The number of rotatable bonds is 9. The number of amides is 1. The van der Waals surface area contributed by atoms with Crippen molar-refractivity contribution in [3.8, 4) is 11.8 Å². The molecule has 0 saturated carbocycles. The molecule has 1 aromatic heterocycles. The molecule has 0 saturated heterocycles. The molecule has 0 aliphatic rings. The molecule has 8 nitrogen and oxygen atoms in total. The van der Waals surface area contributed by atoms with Crippen LogP contribution in [-0.4, -0.2) is 32.2 Å². The van der Waals surface area contributed by atoms with E-state index in [-0.39, 0.29) is 40.1 Å². The first-order chi connectivity index (χ1) is 14.1. The van der Waals surface area contributed by atoms with Gasteiger partial charge in [-0.1, -0.05) is 13.0 Å². The van der Waals surface area contributed by atoms with Gasteiger partial charge in [-0.25, -0.2) is 4.39 Å². The van der Waals surface area contributed by atoms with Crippen LogP contribution in [0, 0.1) is 23.1 Å². The lowest BCUT2D eigenvalue weighted by Crippen LogP contribution is -2.17. The van der Waals surface area contributed by atoms with Crippen molar-refractivity contribution in [3.63, 3.8) is 0 Å². The molecule has 0 spiro atoms. The quantitative estimate of drug-likeness (QED) is 0.483. The normalized spacial score (nSPS) is 11.9. The number of carbonyl (C=O) groups is 1. The Bertz CT molecular complexity index is 1130. The van der Waals surface area contributed by atoms with E-state index in [1.165, 1.54) is 29.9 Å². The number of allylic oxidation sites excluding steroid dienone is 1. The van der Waals surface area contributed by atoms with E-state index >= 15 is 0 Å². The van der Waals surface area contributed by atoms with Gasteiger partial charge in [0.2, 0.25) is 0 Å². The maximum absolute atomic E-state index is 13.5. The first-order valence-corrected chi connectivity index (χ1v) is 10.3. The van der Waals surface area contributed by atoms with Gasteiger partial charge in [0.25, 0.3) is 15.9 Å². The molecule has 0 unspecified atom stereocenters. The topological polar surface area (TPSA) is 114 Å². The number of ether oxygens (including phenoxy) is 1. The number of carbonyl (C=O) groups excluding carboxylic acids is 1. The molecule has 0 fully saturated rings. The summed E-state index contributed by atoms with van der Waals surface area (Å²) in [6.07, 6.45) is 3.48. The highest BCUT2D eigenvalue weighted by Gasteiger charge is 2.29. The number of nitrogens with one attached hydrogen (secondary N) is 1. The minimum atomic E-state index is -4.13. The summed E-state index contributed by atoms with van der Waals surface area (Å²) in [5, 5.41) is 11.5. The van der Waals surface area contributed by atoms with Crippen LogP contribution in [0.4, 0.5) is 10.1 Å². The fourth-order valence-corrected chi connectivity index (χ4v) is 3.40. The SMILES string of the molecule is C=C[C@H](C)CCOc1c(S(=O)(=O)N=C)cn(C)c1C(=O)Nc1ccc(F)c(C#N)c1. The fourth-order valence-electron chi connectivity index (χ4n) is 2.58. The van der Waals surface area contributed by atoms with Crippen molar-refractivity contribution in [1.82, 2.24) is 4.57 Å². The molecule has 0 radical (unpaired) electrons. The van der Waals surface area contributed by atoms with E-state index in [9.17, 15) is 17.6 Å². The molecule has 30 heavy (non-hydrogen) atoms. The number of benzene rings is 1. The Kier molecular flexibility index (Phi) is 7.13. The van der Waals surface area contributed by atoms with Crippen LogP contribution < -0.4 is 10.1 Å². The zero-order valence-electron chi connectivity index (χ0n) is 16.6. The minimum Gasteiger partial charge on any atom is -0.490 e. The summed E-state index contributed by atoms with van der Waals surface area (Å²) in [4.78, 5) is 12.6. The summed E-state index contributed by atoms with van der Waals surface area (Å²) in [5.74, 6) is -1.47. The van der Waals surface area contributed by atoms with E-state index in [0.717, 1.165) is 6.07 Å². The van der Waals surface area contributed by atoms with Crippen LogP contribution in [0.3, 0.4) is 0 Å². The molecule has 1 aromatic carbocycles. The molecule has 2 rings (SSSR count). The van der Waals surface area contributed by atoms with E-state index in [2.05, 4.69) is 23.0 Å². The third kappa shape index (κ3) is 4.93. The van der Waals surface area contributed by atoms with Crippen LogP contribution in [0.2, 0.25) is 0 Å². The highest BCUT2D eigenvalue weighted by atomic mass is 32.2. The summed E-state index contributed by atoms with van der Waals surface area (Å²) >= 11 is 0. The Balaban J connectivity index is 2.44. The molecular formula is C20H21FN4O4S. The Hall–Kier alpha value is -3.45. The van der Waals surface area contributed by atoms with Crippen molar-refractivity contribution in [2.45, 2.75) is 18.2 Å². The van der Waals surface area contributed by atoms with Crippen LogP contribution in [0.15, 0.2) is 46.3 Å². The summed E-state index contributed by atoms with van der Waals surface area (Å²) < 4.78 is 48.2. The zero-order chi connectivity index (χ0) is 22.5. The highest BCUT2D eigenvalue weighted by molar-refractivity contribution is 7.90. The van der Waals surface area contributed by atoms with Crippen LogP contribution in [-0.2, 0) is 17.1 Å². The number of aromatic nitrogens is 1. The van der Waals surface area contributed by atoms with Gasteiger partial charge >= 0.3 is 0 Å². The van der Waals surface area contributed by atoms with Gasteiger partial charge in [-0.05, 0) is 30.5 Å². The van der Waals surface area contributed by atoms with E-state index in [1.807, 2.05) is 6.92 Å². The second-order valence-corrected chi connectivity index (χ2v) is 8.14. The van der Waals surface area contributed by atoms with Gasteiger partial charge in [-0.2, -0.15) is 18.1 Å². The smallest absolute Gasteiger partial charge is 0.286 e. The Labute approximate surface area is 174 Å². The average molecular weight is 432 g/mol. The van der Waals surface area contributed by atoms with E-state index < -0.39 is 21.7 Å². The first kappa shape index (κ1) is 22.8. The third-order valence-corrected chi connectivity index (χ3v) is 5.52. The van der Waals surface area contributed by atoms with Gasteiger partial charge in [0.15, 0.2) is 11.4 Å². The number of sulfonamides is 1. The van der Waals surface area contributed by atoms with Crippen molar-refractivity contribution >= 4 is 28.3 Å². The first-order valence-electron chi connectivity index (χ1n) is 8.83. The maximum atomic E-state index is 13.5. The van der Waals surface area contributed by atoms with Crippen LogP contribution in [0.25, 0.3) is 0 Å². The molecule has 0 bridgehead atoms. The van der Waals surface area contributed by atoms with Crippen molar-refractivity contribution < 1.29 is 22.3 Å². The van der Waals surface area contributed by atoms with E-state index in [0.29, 0.717) is 6.42 Å². The van der Waals surface area contributed by atoms with Gasteiger partial charge in [0, 0.05) is 25.6 Å². The van der Waals surface area contributed by atoms with Gasteiger partial charge in [-0.15, -0.1) is 6.58 Å². The molecule has 10 heteroatoms. The lowest BCUT2D eigenvalue weighted by Gasteiger charge is -2.12. The number of hydrogen-bond donors (Lipinski definition) is 1. The summed E-state index contributed by atoms with van der Waals surface area (Å²) in [5.41, 5.74) is -0.156. The Morgan fingerprint density at radius 3 is 2.80 bits per heavy atom. The average Bonchev–Trinajstić information content (AvgIpc) is 3.06. The number of hydrogen-bond acceptors (Lipinski definition) is 5. The maximum Gasteiger partial charge on any atom is 0.286 e. The molecule has 1 amide bonds.